The molecule has 0 aliphatic carbocycles. The summed E-state index contributed by atoms with van der Waals surface area (Å²) in [7, 11) is -3.44. The molecule has 3 aromatic rings. The molecule has 1 aliphatic rings. The molecule has 0 bridgehead atoms. The second-order valence-corrected chi connectivity index (χ2v) is 10.6. The molecule has 16 heteroatoms. The maximum absolute atomic E-state index is 13.8. The van der Waals surface area contributed by atoms with Crippen molar-refractivity contribution in [3.05, 3.63) is 92.9 Å². The normalized spacial score (nSPS) is 14.3. The number of benzene rings is 3. The highest BCUT2D eigenvalue weighted by atomic mass is 32.2. The van der Waals surface area contributed by atoms with Crippen LogP contribution >= 0.6 is 11.8 Å². The standard InChI is InChI=1S/C25H17F2N3O9S2/c1-38-20-10-14(6-9-19(20)39-41(36,37)22-5-3-2-4-18(22)30(34)35)11-21-24(32)29(25(33)40-21)13-23(31)28-17-8-7-15(26)12-16(17)27/h2-12H,13H2,1H3,(H,28,31)/b21-11-. The SMILES string of the molecule is COc1cc(/C=C2\SC(=O)N(CC(=O)Nc3ccc(F)cc3F)C2=O)ccc1OS(=O)(=O)c1ccccc1[N+](=O)[O-]. The van der Waals surface area contributed by atoms with Crippen LogP contribution in [-0.4, -0.2) is 48.9 Å². The molecule has 0 aromatic heterocycles. The van der Waals surface area contributed by atoms with E-state index < -0.39 is 60.9 Å². The van der Waals surface area contributed by atoms with Gasteiger partial charge in [-0.2, -0.15) is 8.42 Å². The van der Waals surface area contributed by atoms with Crippen molar-refractivity contribution in [2.75, 3.05) is 19.0 Å². The number of ether oxygens (including phenoxy) is 1. The third-order valence-corrected chi connectivity index (χ3v) is 7.59. The van der Waals surface area contributed by atoms with Crippen LogP contribution in [0.15, 0.2) is 70.5 Å². The van der Waals surface area contributed by atoms with Gasteiger partial charge in [0.2, 0.25) is 5.91 Å². The molecule has 0 spiro atoms. The molecule has 3 amide bonds. The third-order valence-electron chi connectivity index (χ3n) is 5.40. The lowest BCUT2D eigenvalue weighted by molar-refractivity contribution is -0.387. The second kappa shape index (κ2) is 11.7. The molecule has 0 radical (unpaired) electrons. The smallest absolute Gasteiger partial charge is 0.346 e. The first-order valence-electron chi connectivity index (χ1n) is 11.3. The Balaban J connectivity index is 1.51. The molecule has 4 rings (SSSR count). The van der Waals surface area contributed by atoms with Crippen LogP contribution in [0.2, 0.25) is 0 Å². The molecule has 1 aliphatic heterocycles. The van der Waals surface area contributed by atoms with E-state index in [1.54, 1.807) is 0 Å². The number of methoxy groups -OCH3 is 1. The molecule has 0 unspecified atom stereocenters. The Labute approximate surface area is 234 Å². The van der Waals surface area contributed by atoms with E-state index in [1.807, 2.05) is 0 Å². The highest BCUT2D eigenvalue weighted by molar-refractivity contribution is 8.18. The molecule has 12 nitrogen and oxygen atoms in total. The Hall–Kier alpha value is -4.83. The Bertz CT molecular complexity index is 1730. The van der Waals surface area contributed by atoms with Crippen molar-refractivity contribution in [3.8, 4) is 11.5 Å². The number of amides is 3. The fraction of sp³-hybridized carbons (Fsp3) is 0.0800. The van der Waals surface area contributed by atoms with E-state index in [0.29, 0.717) is 22.7 Å². The van der Waals surface area contributed by atoms with Gasteiger partial charge in [-0.3, -0.25) is 29.4 Å². The maximum atomic E-state index is 13.8. The molecule has 1 heterocycles. The third kappa shape index (κ3) is 6.50. The van der Waals surface area contributed by atoms with E-state index in [9.17, 15) is 41.7 Å². The van der Waals surface area contributed by atoms with Crippen LogP contribution in [0.4, 0.5) is 25.0 Å². The summed E-state index contributed by atoms with van der Waals surface area (Å²) in [5.74, 6) is -4.03. The van der Waals surface area contributed by atoms with Crippen LogP contribution in [0.1, 0.15) is 5.56 Å². The minimum absolute atomic E-state index is 0.0842. The monoisotopic (exact) mass is 605 g/mol. The number of carbonyl (C=O) groups excluding carboxylic acids is 3. The Morgan fingerprint density at radius 2 is 1.83 bits per heavy atom. The molecule has 0 saturated carbocycles. The first-order valence-corrected chi connectivity index (χ1v) is 13.5. The quantitative estimate of drug-likeness (QED) is 0.161. The first kappa shape index (κ1) is 29.2. The van der Waals surface area contributed by atoms with E-state index in [1.165, 1.54) is 43.5 Å². The first-order chi connectivity index (χ1) is 19.4. The predicted octanol–water partition coefficient (Wildman–Crippen LogP) is 4.32. The number of nitrogens with one attached hydrogen (secondary N) is 1. The van der Waals surface area contributed by atoms with Gasteiger partial charge < -0.3 is 14.2 Å². The molecule has 212 valence electrons. The number of para-hydroxylation sites is 1. The van der Waals surface area contributed by atoms with Crippen molar-refractivity contribution in [1.29, 1.82) is 0 Å². The van der Waals surface area contributed by atoms with Crippen LogP contribution in [0.5, 0.6) is 11.5 Å². The van der Waals surface area contributed by atoms with Crippen molar-refractivity contribution in [2.24, 2.45) is 0 Å². The molecule has 1 fully saturated rings. The zero-order valence-electron chi connectivity index (χ0n) is 20.7. The fourth-order valence-corrected chi connectivity index (χ4v) is 5.48. The van der Waals surface area contributed by atoms with Crippen molar-refractivity contribution in [2.45, 2.75) is 4.90 Å². The average molecular weight is 606 g/mol. The maximum Gasteiger partial charge on any atom is 0.346 e. The number of nitrogens with zero attached hydrogens (tertiary/aromatic N) is 2. The van der Waals surface area contributed by atoms with Gasteiger partial charge in [0.15, 0.2) is 16.4 Å². The summed E-state index contributed by atoms with van der Waals surface area (Å²) < 4.78 is 62.6. The second-order valence-electron chi connectivity index (χ2n) is 8.11. The number of halogens is 2. The van der Waals surface area contributed by atoms with Crippen molar-refractivity contribution < 1.29 is 45.4 Å². The molecule has 0 atom stereocenters. The molecule has 1 N–H and O–H groups in total. The summed E-state index contributed by atoms with van der Waals surface area (Å²) >= 11 is 0.522. The minimum Gasteiger partial charge on any atom is -0.493 e. The zero-order chi connectivity index (χ0) is 29.9. The number of anilines is 1. The Kier molecular flexibility index (Phi) is 8.34. The number of hydrogen-bond donors (Lipinski definition) is 1. The summed E-state index contributed by atoms with van der Waals surface area (Å²) in [6.45, 7) is -0.738. The molecule has 3 aromatic carbocycles. The highest BCUT2D eigenvalue weighted by Crippen LogP contribution is 2.36. The predicted molar refractivity (Wildman–Crippen MR) is 142 cm³/mol. The number of carbonyl (C=O) groups is 3. The van der Waals surface area contributed by atoms with Gasteiger partial charge in [0.25, 0.3) is 16.8 Å². The van der Waals surface area contributed by atoms with Crippen LogP contribution in [0.25, 0.3) is 6.08 Å². The molecule has 1 saturated heterocycles. The van der Waals surface area contributed by atoms with Crippen LogP contribution in [0, 0.1) is 21.7 Å². The largest absolute Gasteiger partial charge is 0.493 e. The number of thioether (sulfide) groups is 1. The van der Waals surface area contributed by atoms with Crippen LogP contribution < -0.4 is 14.2 Å². The van der Waals surface area contributed by atoms with E-state index in [4.69, 9.17) is 8.92 Å². The van der Waals surface area contributed by atoms with Gasteiger partial charge in [-0.25, -0.2) is 8.78 Å². The van der Waals surface area contributed by atoms with Crippen LogP contribution in [0.3, 0.4) is 0 Å². The summed E-state index contributed by atoms with van der Waals surface area (Å²) in [6, 6.07) is 10.9. The van der Waals surface area contributed by atoms with Crippen molar-refractivity contribution >= 4 is 56.4 Å². The van der Waals surface area contributed by atoms with Crippen molar-refractivity contribution in [1.82, 2.24) is 4.90 Å². The molecular weight excluding hydrogens is 588 g/mol. The summed E-state index contributed by atoms with van der Waals surface area (Å²) in [5.41, 5.74) is -0.742. The van der Waals surface area contributed by atoms with Gasteiger partial charge in [-0.1, -0.05) is 18.2 Å². The van der Waals surface area contributed by atoms with Gasteiger partial charge >= 0.3 is 10.1 Å². The van der Waals surface area contributed by atoms with Gasteiger partial charge in [-0.05, 0) is 53.7 Å². The summed E-state index contributed by atoms with van der Waals surface area (Å²) in [4.78, 5) is 47.7. The summed E-state index contributed by atoms with van der Waals surface area (Å²) in [6.07, 6.45) is 1.28. The number of nitro benzene ring substituents is 1. The fourth-order valence-electron chi connectivity index (χ4n) is 3.54. The van der Waals surface area contributed by atoms with Gasteiger partial charge in [0, 0.05) is 12.1 Å². The lowest BCUT2D eigenvalue weighted by atomic mass is 10.2. The van der Waals surface area contributed by atoms with Crippen LogP contribution in [-0.2, 0) is 19.7 Å². The van der Waals surface area contributed by atoms with Gasteiger partial charge in [0.05, 0.1) is 22.6 Å². The summed E-state index contributed by atoms with van der Waals surface area (Å²) in [5, 5.41) is 12.6. The van der Waals surface area contributed by atoms with Gasteiger partial charge in [0.1, 0.15) is 18.2 Å². The number of rotatable bonds is 9. The number of hydrogen-bond acceptors (Lipinski definition) is 10. The molecular formula is C25H17F2N3O9S2. The zero-order valence-corrected chi connectivity index (χ0v) is 22.3. The van der Waals surface area contributed by atoms with Crippen molar-refractivity contribution in [3.63, 3.8) is 0 Å². The van der Waals surface area contributed by atoms with Gasteiger partial charge in [-0.15, -0.1) is 0 Å². The Morgan fingerprint density at radius 3 is 2.51 bits per heavy atom. The van der Waals surface area contributed by atoms with E-state index in [-0.39, 0.29) is 27.7 Å². The lowest BCUT2D eigenvalue weighted by Gasteiger charge is -2.13. The minimum atomic E-state index is -4.65. The lowest BCUT2D eigenvalue weighted by Crippen LogP contribution is -2.36. The number of imide groups is 1. The highest BCUT2D eigenvalue weighted by Gasteiger charge is 2.36. The van der Waals surface area contributed by atoms with E-state index >= 15 is 0 Å². The average Bonchev–Trinajstić information content (AvgIpc) is 3.18. The molecule has 41 heavy (non-hydrogen) atoms. The topological polar surface area (TPSA) is 162 Å². The van der Waals surface area contributed by atoms with E-state index in [2.05, 4.69) is 5.32 Å². The number of nitro groups is 1. The van der Waals surface area contributed by atoms with E-state index in [0.717, 1.165) is 24.3 Å². The Morgan fingerprint density at radius 1 is 1.10 bits per heavy atom.